The molecule has 0 radical (unpaired) electrons. The number of aryl methyl sites for hydroxylation is 1. The van der Waals surface area contributed by atoms with E-state index >= 15 is 0 Å². The minimum atomic E-state index is -0.480. The average molecular weight is 189 g/mol. The Kier molecular flexibility index (Phi) is 3.56. The van der Waals surface area contributed by atoms with E-state index in [0.717, 1.165) is 12.2 Å². The van der Waals surface area contributed by atoms with Gasteiger partial charge in [0.15, 0.2) is 0 Å². The molecular weight excluding hydrogens is 176 g/mol. The van der Waals surface area contributed by atoms with Gasteiger partial charge in [-0.1, -0.05) is 6.92 Å². The van der Waals surface area contributed by atoms with E-state index in [2.05, 4.69) is 4.98 Å². The molecule has 1 N–H and O–H groups in total. The van der Waals surface area contributed by atoms with Crippen LogP contribution in [0, 0.1) is 0 Å². The van der Waals surface area contributed by atoms with Crippen LogP contribution in [0.2, 0.25) is 0 Å². The minimum Gasteiger partial charge on any atom is -0.390 e. The maximum Gasteiger partial charge on any atom is 0.108 e. The second-order valence-corrected chi connectivity index (χ2v) is 2.97. The van der Waals surface area contributed by atoms with Crippen molar-refractivity contribution in [1.29, 1.82) is 0 Å². The maximum atomic E-state index is 9.27. The summed E-state index contributed by atoms with van der Waals surface area (Å²) in [5.74, 6) is 1.25. The van der Waals surface area contributed by atoms with Crippen LogP contribution in [-0.2, 0) is 13.0 Å². The molecular formula is C8H13ClN2O. The number of alkyl halides is 1. The highest BCUT2D eigenvalue weighted by atomic mass is 35.5. The molecule has 0 aliphatic heterocycles. The molecule has 0 saturated carbocycles. The fraction of sp³-hybridized carbons (Fsp3) is 0.625. The first-order valence-corrected chi connectivity index (χ1v) is 4.55. The Morgan fingerprint density at radius 2 is 2.50 bits per heavy atom. The number of aliphatic hydroxyl groups is 1. The predicted molar refractivity (Wildman–Crippen MR) is 48.3 cm³/mol. The van der Waals surface area contributed by atoms with Crippen LogP contribution in [0.15, 0.2) is 12.4 Å². The number of aliphatic hydroxyl groups excluding tert-OH is 1. The van der Waals surface area contributed by atoms with Crippen molar-refractivity contribution >= 4 is 11.6 Å². The summed E-state index contributed by atoms with van der Waals surface area (Å²) in [7, 11) is 0. The standard InChI is InChI=1S/C8H13ClN2O/c1-2-8-10-3-4-11(8)6-7(12)5-9/h3-4,7,12H,2,5-6H2,1H3. The summed E-state index contributed by atoms with van der Waals surface area (Å²) < 4.78 is 1.92. The van der Waals surface area contributed by atoms with E-state index in [9.17, 15) is 5.11 Å². The third kappa shape index (κ3) is 2.22. The highest BCUT2D eigenvalue weighted by molar-refractivity contribution is 6.18. The molecule has 1 rings (SSSR count). The first-order valence-electron chi connectivity index (χ1n) is 4.02. The summed E-state index contributed by atoms with van der Waals surface area (Å²) in [4.78, 5) is 4.13. The average Bonchev–Trinajstić information content (AvgIpc) is 2.51. The fourth-order valence-corrected chi connectivity index (χ4v) is 1.19. The van der Waals surface area contributed by atoms with E-state index < -0.39 is 6.10 Å². The molecule has 3 nitrogen and oxygen atoms in total. The van der Waals surface area contributed by atoms with Gasteiger partial charge in [-0.15, -0.1) is 11.6 Å². The third-order valence-electron chi connectivity index (χ3n) is 1.70. The molecule has 0 bridgehead atoms. The fourth-order valence-electron chi connectivity index (χ4n) is 1.10. The van der Waals surface area contributed by atoms with E-state index in [0.29, 0.717) is 6.54 Å². The van der Waals surface area contributed by atoms with Crippen LogP contribution in [-0.4, -0.2) is 26.6 Å². The number of nitrogens with zero attached hydrogens (tertiary/aromatic N) is 2. The van der Waals surface area contributed by atoms with E-state index in [4.69, 9.17) is 11.6 Å². The van der Waals surface area contributed by atoms with Gasteiger partial charge >= 0.3 is 0 Å². The molecule has 1 heterocycles. The highest BCUT2D eigenvalue weighted by Crippen LogP contribution is 2.01. The molecule has 1 atom stereocenters. The van der Waals surface area contributed by atoms with Crippen molar-refractivity contribution in [2.45, 2.75) is 26.0 Å². The number of aromatic nitrogens is 2. The lowest BCUT2D eigenvalue weighted by Gasteiger charge is -2.09. The van der Waals surface area contributed by atoms with Gasteiger partial charge in [0.25, 0.3) is 0 Å². The number of halogens is 1. The summed E-state index contributed by atoms with van der Waals surface area (Å²) in [6.07, 6.45) is 3.99. The van der Waals surface area contributed by atoms with Crippen LogP contribution in [0.3, 0.4) is 0 Å². The molecule has 0 aliphatic carbocycles. The Bertz CT molecular complexity index is 237. The van der Waals surface area contributed by atoms with E-state index in [-0.39, 0.29) is 5.88 Å². The number of hydrogen-bond acceptors (Lipinski definition) is 2. The monoisotopic (exact) mass is 188 g/mol. The number of hydrogen-bond donors (Lipinski definition) is 1. The van der Waals surface area contributed by atoms with Crippen LogP contribution >= 0.6 is 11.6 Å². The zero-order chi connectivity index (χ0) is 8.97. The summed E-state index contributed by atoms with van der Waals surface area (Å²) >= 11 is 5.48. The van der Waals surface area contributed by atoms with Crippen molar-refractivity contribution in [3.63, 3.8) is 0 Å². The summed E-state index contributed by atoms with van der Waals surface area (Å²) in [6.45, 7) is 2.57. The van der Waals surface area contributed by atoms with Gasteiger partial charge in [-0.25, -0.2) is 4.98 Å². The predicted octanol–water partition coefficient (Wildman–Crippen LogP) is 1.05. The molecule has 0 fully saturated rings. The molecule has 68 valence electrons. The van der Waals surface area contributed by atoms with Gasteiger partial charge in [-0.3, -0.25) is 0 Å². The Hall–Kier alpha value is -0.540. The van der Waals surface area contributed by atoms with Gasteiger partial charge in [0.05, 0.1) is 18.5 Å². The van der Waals surface area contributed by atoms with Crippen LogP contribution in [0.5, 0.6) is 0 Å². The number of rotatable bonds is 4. The summed E-state index contributed by atoms with van der Waals surface area (Å²) in [5, 5.41) is 9.27. The van der Waals surface area contributed by atoms with Gasteiger partial charge in [0.2, 0.25) is 0 Å². The van der Waals surface area contributed by atoms with Gasteiger partial charge < -0.3 is 9.67 Å². The van der Waals surface area contributed by atoms with Gasteiger partial charge in [-0.2, -0.15) is 0 Å². The Balaban J connectivity index is 2.61. The van der Waals surface area contributed by atoms with Crippen molar-refractivity contribution in [1.82, 2.24) is 9.55 Å². The van der Waals surface area contributed by atoms with Crippen LogP contribution < -0.4 is 0 Å². The quantitative estimate of drug-likeness (QED) is 0.718. The van der Waals surface area contributed by atoms with Crippen LogP contribution in [0.25, 0.3) is 0 Å². The smallest absolute Gasteiger partial charge is 0.108 e. The Morgan fingerprint density at radius 3 is 3.08 bits per heavy atom. The summed E-state index contributed by atoms with van der Waals surface area (Å²) in [6, 6.07) is 0. The van der Waals surface area contributed by atoms with Gasteiger partial charge in [0.1, 0.15) is 5.82 Å². The maximum absolute atomic E-state index is 9.27. The molecule has 4 heteroatoms. The van der Waals surface area contributed by atoms with Crippen molar-refractivity contribution < 1.29 is 5.11 Å². The second-order valence-electron chi connectivity index (χ2n) is 2.66. The Morgan fingerprint density at radius 1 is 1.75 bits per heavy atom. The van der Waals surface area contributed by atoms with Crippen molar-refractivity contribution in [3.05, 3.63) is 18.2 Å². The van der Waals surface area contributed by atoms with Crippen molar-refractivity contribution in [2.75, 3.05) is 5.88 Å². The molecule has 1 aromatic heterocycles. The first-order chi connectivity index (χ1) is 5.77. The van der Waals surface area contributed by atoms with Gasteiger partial charge in [0, 0.05) is 18.8 Å². The molecule has 0 saturated heterocycles. The number of imidazole rings is 1. The van der Waals surface area contributed by atoms with Crippen molar-refractivity contribution in [2.24, 2.45) is 0 Å². The minimum absolute atomic E-state index is 0.265. The molecule has 1 unspecified atom stereocenters. The zero-order valence-corrected chi connectivity index (χ0v) is 7.83. The lowest BCUT2D eigenvalue weighted by molar-refractivity contribution is 0.175. The lowest BCUT2D eigenvalue weighted by atomic mass is 10.4. The van der Waals surface area contributed by atoms with Crippen LogP contribution in [0.1, 0.15) is 12.7 Å². The van der Waals surface area contributed by atoms with E-state index in [1.165, 1.54) is 0 Å². The zero-order valence-electron chi connectivity index (χ0n) is 7.07. The van der Waals surface area contributed by atoms with E-state index in [1.807, 2.05) is 17.7 Å². The third-order valence-corrected chi connectivity index (χ3v) is 2.06. The normalized spacial score (nSPS) is 13.2. The Labute approximate surface area is 77.0 Å². The second kappa shape index (κ2) is 4.48. The largest absolute Gasteiger partial charge is 0.390 e. The molecule has 0 aromatic carbocycles. The topological polar surface area (TPSA) is 38.0 Å². The highest BCUT2D eigenvalue weighted by Gasteiger charge is 2.05. The van der Waals surface area contributed by atoms with Crippen LogP contribution in [0.4, 0.5) is 0 Å². The SMILES string of the molecule is CCc1nccn1CC(O)CCl. The molecule has 1 aromatic rings. The van der Waals surface area contributed by atoms with Gasteiger partial charge in [-0.05, 0) is 0 Å². The molecule has 0 spiro atoms. The molecule has 0 amide bonds. The molecule has 0 aliphatic rings. The summed E-state index contributed by atoms with van der Waals surface area (Å²) in [5.41, 5.74) is 0. The van der Waals surface area contributed by atoms with Crippen molar-refractivity contribution in [3.8, 4) is 0 Å². The first kappa shape index (κ1) is 9.55. The molecule has 12 heavy (non-hydrogen) atoms. The lowest BCUT2D eigenvalue weighted by Crippen LogP contribution is -2.18. The van der Waals surface area contributed by atoms with E-state index in [1.54, 1.807) is 6.20 Å².